The predicted octanol–water partition coefficient (Wildman–Crippen LogP) is 2.65. The van der Waals surface area contributed by atoms with Gasteiger partial charge in [0.1, 0.15) is 0 Å². The molecular weight excluding hydrogens is 255 g/mol. The summed E-state index contributed by atoms with van der Waals surface area (Å²) in [6, 6.07) is 5.87. The molecule has 3 nitrogen and oxygen atoms in total. The van der Waals surface area contributed by atoms with E-state index in [2.05, 4.69) is 24.1 Å². The molecule has 0 spiro atoms. The van der Waals surface area contributed by atoms with Gasteiger partial charge in [-0.15, -0.1) is 0 Å². The van der Waals surface area contributed by atoms with Crippen LogP contribution in [0.2, 0.25) is 0 Å². The third-order valence-corrected chi connectivity index (χ3v) is 3.75. The number of nitrogens with one attached hydrogen (secondary N) is 1. The molecule has 1 fully saturated rings. The Kier molecular flexibility index (Phi) is 5.38. The van der Waals surface area contributed by atoms with Gasteiger partial charge in [0.05, 0.1) is 7.11 Å². The number of piperazine rings is 1. The van der Waals surface area contributed by atoms with Gasteiger partial charge in [0.25, 0.3) is 0 Å². The second kappa shape index (κ2) is 7.04. The zero-order valence-electron chi connectivity index (χ0n) is 12.7. The van der Waals surface area contributed by atoms with Gasteiger partial charge in [-0.3, -0.25) is 4.90 Å². The smallest absolute Gasteiger partial charge is 0.169 e. The van der Waals surface area contributed by atoms with E-state index in [9.17, 15) is 4.39 Å². The fraction of sp³-hybridized carbons (Fsp3) is 0.625. The van der Waals surface area contributed by atoms with Crippen LogP contribution < -0.4 is 10.1 Å². The summed E-state index contributed by atoms with van der Waals surface area (Å²) in [6.07, 6.45) is 1.16. The molecule has 0 saturated carbocycles. The summed E-state index contributed by atoms with van der Waals surface area (Å²) < 4.78 is 19.2. The van der Waals surface area contributed by atoms with Crippen LogP contribution in [0.4, 0.5) is 4.39 Å². The van der Waals surface area contributed by atoms with Crippen molar-refractivity contribution in [1.29, 1.82) is 0 Å². The normalized spacial score (nSPS) is 20.4. The van der Waals surface area contributed by atoms with E-state index >= 15 is 0 Å². The Hall–Kier alpha value is -1.13. The minimum Gasteiger partial charge on any atom is -0.494 e. The van der Waals surface area contributed by atoms with Crippen molar-refractivity contribution in [2.24, 2.45) is 5.92 Å². The van der Waals surface area contributed by atoms with Crippen LogP contribution in [0.25, 0.3) is 0 Å². The van der Waals surface area contributed by atoms with Crippen molar-refractivity contribution >= 4 is 0 Å². The first kappa shape index (κ1) is 15.3. The predicted molar refractivity (Wildman–Crippen MR) is 79.5 cm³/mol. The molecule has 1 atom stereocenters. The Morgan fingerprint density at radius 3 is 2.95 bits per heavy atom. The zero-order chi connectivity index (χ0) is 14.5. The highest BCUT2D eigenvalue weighted by atomic mass is 19.1. The van der Waals surface area contributed by atoms with Crippen LogP contribution in [0.5, 0.6) is 5.75 Å². The molecule has 0 aliphatic carbocycles. The molecule has 1 heterocycles. The van der Waals surface area contributed by atoms with E-state index in [4.69, 9.17) is 4.74 Å². The number of benzene rings is 1. The summed E-state index contributed by atoms with van der Waals surface area (Å²) in [7, 11) is 1.51. The van der Waals surface area contributed by atoms with Crippen molar-refractivity contribution in [3.63, 3.8) is 0 Å². The van der Waals surface area contributed by atoms with E-state index in [1.54, 1.807) is 6.07 Å². The summed E-state index contributed by atoms with van der Waals surface area (Å²) in [5, 5.41) is 3.54. The average molecular weight is 280 g/mol. The number of hydrogen-bond acceptors (Lipinski definition) is 3. The largest absolute Gasteiger partial charge is 0.494 e. The SMILES string of the molecule is COc1cccc(CN2CCNC(CC(C)C)C2)c1F. The minimum absolute atomic E-state index is 0.228. The Labute approximate surface area is 121 Å². The molecule has 2 rings (SSSR count). The first-order chi connectivity index (χ1) is 9.60. The number of hydrogen-bond donors (Lipinski definition) is 1. The number of rotatable bonds is 5. The maximum atomic E-state index is 14.2. The van der Waals surface area contributed by atoms with Crippen LogP contribution in [-0.2, 0) is 6.54 Å². The molecule has 1 unspecified atom stereocenters. The van der Waals surface area contributed by atoms with Crippen LogP contribution in [0, 0.1) is 11.7 Å². The van der Waals surface area contributed by atoms with E-state index in [1.165, 1.54) is 7.11 Å². The molecule has 20 heavy (non-hydrogen) atoms. The van der Waals surface area contributed by atoms with Gasteiger partial charge in [-0.2, -0.15) is 0 Å². The van der Waals surface area contributed by atoms with Gasteiger partial charge < -0.3 is 10.1 Å². The second-order valence-electron chi connectivity index (χ2n) is 5.95. The molecule has 1 aromatic carbocycles. The van der Waals surface area contributed by atoms with Crippen molar-refractivity contribution < 1.29 is 9.13 Å². The lowest BCUT2D eigenvalue weighted by Gasteiger charge is -2.34. The molecule has 1 N–H and O–H groups in total. The van der Waals surface area contributed by atoms with E-state index in [0.29, 0.717) is 24.3 Å². The molecule has 0 bridgehead atoms. The van der Waals surface area contributed by atoms with E-state index in [0.717, 1.165) is 31.6 Å². The van der Waals surface area contributed by atoms with Gasteiger partial charge in [-0.05, 0) is 18.4 Å². The van der Waals surface area contributed by atoms with Crippen LogP contribution in [0.3, 0.4) is 0 Å². The summed E-state index contributed by atoms with van der Waals surface area (Å²) in [5.41, 5.74) is 0.717. The maximum absolute atomic E-state index is 14.2. The summed E-state index contributed by atoms with van der Waals surface area (Å²) in [5.74, 6) is 0.784. The zero-order valence-corrected chi connectivity index (χ0v) is 12.7. The number of methoxy groups -OCH3 is 1. The topological polar surface area (TPSA) is 24.5 Å². The third-order valence-electron chi connectivity index (χ3n) is 3.75. The van der Waals surface area contributed by atoms with Gasteiger partial charge in [0.2, 0.25) is 0 Å². The minimum atomic E-state index is -0.228. The Balaban J connectivity index is 1.99. The highest BCUT2D eigenvalue weighted by Gasteiger charge is 2.21. The Morgan fingerprint density at radius 2 is 2.25 bits per heavy atom. The van der Waals surface area contributed by atoms with Crippen LogP contribution >= 0.6 is 0 Å². The lowest BCUT2D eigenvalue weighted by molar-refractivity contribution is 0.177. The van der Waals surface area contributed by atoms with Crippen molar-refractivity contribution in [3.05, 3.63) is 29.6 Å². The molecule has 0 radical (unpaired) electrons. The van der Waals surface area contributed by atoms with Crippen molar-refractivity contribution in [2.45, 2.75) is 32.9 Å². The van der Waals surface area contributed by atoms with Crippen molar-refractivity contribution in [2.75, 3.05) is 26.7 Å². The summed E-state index contributed by atoms with van der Waals surface area (Å²) in [4.78, 5) is 2.32. The lowest BCUT2D eigenvalue weighted by Crippen LogP contribution is -2.50. The molecule has 0 amide bonds. The molecule has 1 aromatic rings. The summed E-state index contributed by atoms with van der Waals surface area (Å²) >= 11 is 0. The van der Waals surface area contributed by atoms with Crippen LogP contribution in [0.15, 0.2) is 18.2 Å². The third kappa shape index (κ3) is 3.93. The second-order valence-corrected chi connectivity index (χ2v) is 5.95. The monoisotopic (exact) mass is 280 g/mol. The molecular formula is C16H25FN2O. The highest BCUT2D eigenvalue weighted by molar-refractivity contribution is 5.31. The molecule has 112 valence electrons. The van der Waals surface area contributed by atoms with Crippen molar-refractivity contribution in [1.82, 2.24) is 10.2 Å². The lowest BCUT2D eigenvalue weighted by atomic mass is 10.0. The van der Waals surface area contributed by atoms with Gasteiger partial charge in [0.15, 0.2) is 11.6 Å². The molecule has 1 saturated heterocycles. The van der Waals surface area contributed by atoms with Gasteiger partial charge in [-0.25, -0.2) is 4.39 Å². The molecule has 4 heteroatoms. The molecule has 1 aliphatic rings. The van der Waals surface area contributed by atoms with E-state index in [-0.39, 0.29) is 5.82 Å². The first-order valence-corrected chi connectivity index (χ1v) is 7.37. The standard InChI is InChI=1S/C16H25FN2O/c1-12(2)9-14-11-19(8-7-18-14)10-13-5-4-6-15(20-3)16(13)17/h4-6,12,14,18H,7-11H2,1-3H3. The summed E-state index contributed by atoms with van der Waals surface area (Å²) in [6.45, 7) is 8.05. The quantitative estimate of drug-likeness (QED) is 0.897. The fourth-order valence-electron chi connectivity index (χ4n) is 2.84. The number of ether oxygens (including phenoxy) is 1. The Bertz CT molecular complexity index is 436. The van der Waals surface area contributed by atoms with Crippen molar-refractivity contribution in [3.8, 4) is 5.75 Å². The Morgan fingerprint density at radius 1 is 1.45 bits per heavy atom. The number of nitrogens with zero attached hydrogens (tertiary/aromatic N) is 1. The van der Waals surface area contributed by atoms with Gasteiger partial charge >= 0.3 is 0 Å². The van der Waals surface area contributed by atoms with Gasteiger partial charge in [-0.1, -0.05) is 26.0 Å². The van der Waals surface area contributed by atoms with Crippen LogP contribution in [0.1, 0.15) is 25.8 Å². The number of halogens is 1. The highest BCUT2D eigenvalue weighted by Crippen LogP contribution is 2.22. The van der Waals surface area contributed by atoms with E-state index in [1.807, 2.05) is 12.1 Å². The average Bonchev–Trinajstić information content (AvgIpc) is 2.41. The van der Waals surface area contributed by atoms with Gasteiger partial charge in [0, 0.05) is 37.8 Å². The molecule has 0 aromatic heterocycles. The van der Waals surface area contributed by atoms with E-state index < -0.39 is 0 Å². The first-order valence-electron chi connectivity index (χ1n) is 7.37. The molecule has 1 aliphatic heterocycles. The van der Waals surface area contributed by atoms with Crippen LogP contribution in [-0.4, -0.2) is 37.7 Å². The fourth-order valence-corrected chi connectivity index (χ4v) is 2.84. The maximum Gasteiger partial charge on any atom is 0.169 e.